The summed E-state index contributed by atoms with van der Waals surface area (Å²) in [5.41, 5.74) is 0.375. The van der Waals surface area contributed by atoms with E-state index in [1.807, 2.05) is 0 Å². The van der Waals surface area contributed by atoms with Gasteiger partial charge in [0.1, 0.15) is 11.5 Å². The molecule has 1 aromatic carbocycles. The molecule has 0 aromatic heterocycles. The zero-order valence-electron chi connectivity index (χ0n) is 6.53. The lowest BCUT2D eigenvalue weighted by atomic mass is 10.3. The Balaban J connectivity index is 2.93. The summed E-state index contributed by atoms with van der Waals surface area (Å²) in [6, 6.07) is 3.88. The van der Waals surface area contributed by atoms with Crippen LogP contribution in [-0.2, 0) is 4.79 Å². The molecular weight excluding hydrogens is 158 g/mol. The van der Waals surface area contributed by atoms with Gasteiger partial charge in [-0.15, -0.1) is 0 Å². The maximum atomic E-state index is 10.6. The lowest BCUT2D eigenvalue weighted by Crippen LogP contribution is -2.05. The monoisotopic (exact) mass is 167 g/mol. The maximum Gasteiger partial charge on any atom is 0.221 e. The van der Waals surface area contributed by atoms with Crippen LogP contribution in [0.15, 0.2) is 18.2 Å². The molecule has 1 amide bonds. The second-order valence-corrected chi connectivity index (χ2v) is 2.42. The first-order valence-corrected chi connectivity index (χ1v) is 3.38. The molecule has 0 bridgehead atoms. The third-order valence-corrected chi connectivity index (χ3v) is 1.22. The van der Waals surface area contributed by atoms with Crippen LogP contribution in [0.3, 0.4) is 0 Å². The summed E-state index contributed by atoms with van der Waals surface area (Å²) in [6.45, 7) is 1.35. The zero-order valence-corrected chi connectivity index (χ0v) is 6.53. The number of rotatable bonds is 1. The highest BCUT2D eigenvalue weighted by atomic mass is 16.3. The number of hydrogen-bond donors (Lipinski definition) is 3. The van der Waals surface area contributed by atoms with E-state index in [4.69, 9.17) is 10.2 Å². The Morgan fingerprint density at radius 1 is 1.25 bits per heavy atom. The molecule has 0 aliphatic heterocycles. The van der Waals surface area contributed by atoms with E-state index in [2.05, 4.69) is 5.32 Å². The van der Waals surface area contributed by atoms with Gasteiger partial charge < -0.3 is 15.5 Å². The van der Waals surface area contributed by atoms with Gasteiger partial charge in [0.15, 0.2) is 0 Å². The molecule has 0 atom stereocenters. The average molecular weight is 167 g/mol. The molecule has 1 aromatic rings. The minimum atomic E-state index is -0.250. The Morgan fingerprint density at radius 2 is 1.75 bits per heavy atom. The molecule has 4 nitrogen and oxygen atoms in total. The Kier molecular flexibility index (Phi) is 2.19. The number of nitrogens with one attached hydrogen (secondary N) is 1. The van der Waals surface area contributed by atoms with Crippen LogP contribution in [-0.4, -0.2) is 16.1 Å². The molecule has 4 heteroatoms. The highest BCUT2D eigenvalue weighted by molar-refractivity contribution is 5.89. The van der Waals surface area contributed by atoms with Crippen molar-refractivity contribution in [2.45, 2.75) is 6.92 Å². The molecule has 12 heavy (non-hydrogen) atoms. The summed E-state index contributed by atoms with van der Waals surface area (Å²) in [5, 5.41) is 20.4. The normalized spacial score (nSPS) is 9.42. The Hall–Kier alpha value is -1.71. The third-order valence-electron chi connectivity index (χ3n) is 1.22. The zero-order chi connectivity index (χ0) is 9.14. The van der Waals surface area contributed by atoms with Crippen LogP contribution in [0.25, 0.3) is 0 Å². The summed E-state index contributed by atoms with van der Waals surface area (Å²) < 4.78 is 0. The minimum absolute atomic E-state index is 0.0845. The Labute approximate surface area is 69.5 Å². The van der Waals surface area contributed by atoms with Crippen molar-refractivity contribution in [2.75, 3.05) is 5.32 Å². The molecule has 64 valence electrons. The third kappa shape index (κ3) is 2.16. The van der Waals surface area contributed by atoms with Gasteiger partial charge in [0.05, 0.1) is 0 Å². The van der Waals surface area contributed by atoms with E-state index < -0.39 is 0 Å². The van der Waals surface area contributed by atoms with Crippen molar-refractivity contribution >= 4 is 11.6 Å². The van der Waals surface area contributed by atoms with Gasteiger partial charge in [0.2, 0.25) is 5.91 Å². The van der Waals surface area contributed by atoms with E-state index in [-0.39, 0.29) is 17.4 Å². The van der Waals surface area contributed by atoms with Gasteiger partial charge in [-0.05, 0) is 0 Å². The molecule has 0 saturated carbocycles. The van der Waals surface area contributed by atoms with Crippen LogP contribution in [0.5, 0.6) is 11.5 Å². The molecule has 0 unspecified atom stereocenters. The van der Waals surface area contributed by atoms with Crippen LogP contribution < -0.4 is 5.32 Å². The van der Waals surface area contributed by atoms with Crippen LogP contribution in [0.1, 0.15) is 6.92 Å². The van der Waals surface area contributed by atoms with Crippen LogP contribution in [0.2, 0.25) is 0 Å². The van der Waals surface area contributed by atoms with Crippen molar-refractivity contribution in [3.8, 4) is 11.5 Å². The van der Waals surface area contributed by atoms with Crippen LogP contribution in [0, 0.1) is 0 Å². The largest absolute Gasteiger partial charge is 0.508 e. The van der Waals surface area contributed by atoms with Crippen molar-refractivity contribution in [3.63, 3.8) is 0 Å². The Bertz CT molecular complexity index is 289. The fraction of sp³-hybridized carbons (Fsp3) is 0.125. The molecule has 0 heterocycles. The predicted molar refractivity (Wildman–Crippen MR) is 44.1 cm³/mol. The van der Waals surface area contributed by atoms with Crippen molar-refractivity contribution in [1.82, 2.24) is 0 Å². The van der Waals surface area contributed by atoms with Crippen molar-refractivity contribution < 1.29 is 15.0 Å². The standard InChI is InChI=1S/C8H9NO3/c1-5(10)9-6-2-7(11)4-8(12)3-6/h2-4,11-12H,1H3,(H,9,10). The first-order chi connectivity index (χ1) is 5.58. The Morgan fingerprint density at radius 3 is 2.17 bits per heavy atom. The SMILES string of the molecule is CC(=O)Nc1cc(O)cc(O)c1. The highest BCUT2D eigenvalue weighted by Crippen LogP contribution is 2.23. The molecule has 1 rings (SSSR count). The van der Waals surface area contributed by atoms with Crippen LogP contribution >= 0.6 is 0 Å². The topological polar surface area (TPSA) is 69.6 Å². The lowest BCUT2D eigenvalue weighted by molar-refractivity contribution is -0.114. The second-order valence-electron chi connectivity index (χ2n) is 2.42. The molecule has 0 fully saturated rings. The van der Waals surface area contributed by atoms with Gasteiger partial charge >= 0.3 is 0 Å². The molecule has 3 N–H and O–H groups in total. The van der Waals surface area contributed by atoms with E-state index in [9.17, 15) is 4.79 Å². The average Bonchev–Trinajstić information content (AvgIpc) is 1.81. The maximum absolute atomic E-state index is 10.6. The molecule has 0 radical (unpaired) electrons. The predicted octanol–water partition coefficient (Wildman–Crippen LogP) is 1.06. The van der Waals surface area contributed by atoms with Gasteiger partial charge in [-0.2, -0.15) is 0 Å². The molecule has 0 aliphatic rings. The summed E-state index contributed by atoms with van der Waals surface area (Å²) >= 11 is 0. The smallest absolute Gasteiger partial charge is 0.221 e. The molecular formula is C8H9NO3. The number of carbonyl (C=O) groups excluding carboxylic acids is 1. The summed E-state index contributed by atoms with van der Waals surface area (Å²) in [6.07, 6.45) is 0. The number of anilines is 1. The van der Waals surface area contributed by atoms with Crippen molar-refractivity contribution in [1.29, 1.82) is 0 Å². The van der Waals surface area contributed by atoms with Gasteiger partial charge in [0, 0.05) is 30.8 Å². The number of amides is 1. The fourth-order valence-corrected chi connectivity index (χ4v) is 0.871. The van der Waals surface area contributed by atoms with E-state index in [1.54, 1.807) is 0 Å². The van der Waals surface area contributed by atoms with E-state index in [0.29, 0.717) is 5.69 Å². The first kappa shape index (κ1) is 8.39. The summed E-state index contributed by atoms with van der Waals surface area (Å²) in [4.78, 5) is 10.6. The van der Waals surface area contributed by atoms with E-state index in [1.165, 1.54) is 25.1 Å². The summed E-state index contributed by atoms with van der Waals surface area (Å²) in [5.74, 6) is -0.419. The highest BCUT2D eigenvalue weighted by Gasteiger charge is 1.99. The van der Waals surface area contributed by atoms with Crippen molar-refractivity contribution in [3.05, 3.63) is 18.2 Å². The summed E-state index contributed by atoms with van der Waals surface area (Å²) in [7, 11) is 0. The molecule has 0 saturated heterocycles. The number of carbonyl (C=O) groups is 1. The van der Waals surface area contributed by atoms with Gasteiger partial charge in [-0.25, -0.2) is 0 Å². The molecule has 0 spiro atoms. The minimum Gasteiger partial charge on any atom is -0.508 e. The van der Waals surface area contributed by atoms with E-state index >= 15 is 0 Å². The second kappa shape index (κ2) is 3.13. The number of aromatic hydroxyl groups is 2. The first-order valence-electron chi connectivity index (χ1n) is 3.38. The van der Waals surface area contributed by atoms with E-state index in [0.717, 1.165) is 0 Å². The van der Waals surface area contributed by atoms with Crippen molar-refractivity contribution in [2.24, 2.45) is 0 Å². The number of phenols is 2. The quantitative estimate of drug-likeness (QED) is 0.585. The van der Waals surface area contributed by atoms with Crippen LogP contribution in [0.4, 0.5) is 5.69 Å². The van der Waals surface area contributed by atoms with Gasteiger partial charge in [-0.1, -0.05) is 0 Å². The molecule has 0 aliphatic carbocycles. The lowest BCUT2D eigenvalue weighted by Gasteiger charge is -2.02. The fourth-order valence-electron chi connectivity index (χ4n) is 0.871. The number of phenolic OH excluding ortho intramolecular Hbond substituents is 2. The van der Waals surface area contributed by atoms with Gasteiger partial charge in [0.25, 0.3) is 0 Å². The van der Waals surface area contributed by atoms with Gasteiger partial charge in [-0.3, -0.25) is 4.79 Å². The number of benzene rings is 1. The number of hydrogen-bond acceptors (Lipinski definition) is 3.